The van der Waals surface area contributed by atoms with Gasteiger partial charge in [0.25, 0.3) is 0 Å². The Morgan fingerprint density at radius 1 is 1.22 bits per heavy atom. The predicted molar refractivity (Wildman–Crippen MR) is 73.0 cm³/mol. The van der Waals surface area contributed by atoms with E-state index in [0.29, 0.717) is 23.1 Å². The average Bonchev–Trinajstić information content (AvgIpc) is 2.63. The van der Waals surface area contributed by atoms with Crippen molar-refractivity contribution in [3.8, 4) is 0 Å². The number of aryl methyl sites for hydroxylation is 2. The van der Waals surface area contributed by atoms with Crippen LogP contribution in [-0.4, -0.2) is 5.16 Å². The Labute approximate surface area is 116 Å². The second-order valence-corrected chi connectivity index (χ2v) is 4.99. The standard InChI is InChI=1S/C13H14Cl2N2O/c1-8-12(9(2)18-17-8)7-16-6-10-3-4-11(14)5-13(10)15/h3-5,16H,6-7H2,1-2H3. The minimum absolute atomic E-state index is 0.648. The van der Waals surface area contributed by atoms with Gasteiger partial charge in [0, 0.05) is 28.7 Å². The number of halogens is 2. The quantitative estimate of drug-likeness (QED) is 0.926. The number of benzene rings is 1. The zero-order valence-corrected chi connectivity index (χ0v) is 11.8. The lowest BCUT2D eigenvalue weighted by Crippen LogP contribution is -2.13. The Morgan fingerprint density at radius 3 is 2.61 bits per heavy atom. The minimum atomic E-state index is 0.648. The maximum absolute atomic E-state index is 6.10. The smallest absolute Gasteiger partial charge is 0.138 e. The van der Waals surface area contributed by atoms with Crippen molar-refractivity contribution in [1.29, 1.82) is 0 Å². The first-order valence-corrected chi connectivity index (χ1v) is 6.40. The first-order chi connectivity index (χ1) is 8.58. The third kappa shape index (κ3) is 3.05. The van der Waals surface area contributed by atoms with Crippen molar-refractivity contribution in [3.63, 3.8) is 0 Å². The van der Waals surface area contributed by atoms with Gasteiger partial charge in [0.15, 0.2) is 0 Å². The normalized spacial score (nSPS) is 10.9. The number of hydrogen-bond donors (Lipinski definition) is 1. The molecular weight excluding hydrogens is 271 g/mol. The van der Waals surface area contributed by atoms with Crippen molar-refractivity contribution in [2.24, 2.45) is 0 Å². The van der Waals surface area contributed by atoms with E-state index in [9.17, 15) is 0 Å². The van der Waals surface area contributed by atoms with Crippen molar-refractivity contribution in [1.82, 2.24) is 10.5 Å². The molecule has 1 aromatic carbocycles. The highest BCUT2D eigenvalue weighted by Gasteiger charge is 2.08. The molecule has 3 nitrogen and oxygen atoms in total. The summed E-state index contributed by atoms with van der Waals surface area (Å²) in [6.45, 7) is 5.23. The Hall–Kier alpha value is -1.03. The Balaban J connectivity index is 1.96. The second kappa shape index (κ2) is 5.74. The van der Waals surface area contributed by atoms with Crippen LogP contribution in [0.2, 0.25) is 10.0 Å². The van der Waals surface area contributed by atoms with Crippen LogP contribution >= 0.6 is 23.2 Å². The zero-order valence-electron chi connectivity index (χ0n) is 10.3. The molecule has 0 unspecified atom stereocenters. The molecule has 0 saturated carbocycles. The van der Waals surface area contributed by atoms with Crippen molar-refractivity contribution in [2.75, 3.05) is 0 Å². The molecule has 0 spiro atoms. The van der Waals surface area contributed by atoms with Gasteiger partial charge in [0.05, 0.1) is 5.69 Å². The molecule has 0 radical (unpaired) electrons. The SMILES string of the molecule is Cc1noc(C)c1CNCc1ccc(Cl)cc1Cl. The lowest BCUT2D eigenvalue weighted by atomic mass is 10.2. The van der Waals surface area contributed by atoms with E-state index in [1.165, 1.54) is 0 Å². The largest absolute Gasteiger partial charge is 0.361 e. The van der Waals surface area contributed by atoms with Crippen molar-refractivity contribution >= 4 is 23.2 Å². The molecule has 0 aliphatic heterocycles. The van der Waals surface area contributed by atoms with E-state index in [2.05, 4.69) is 10.5 Å². The number of aromatic nitrogens is 1. The van der Waals surface area contributed by atoms with Crippen molar-refractivity contribution < 1.29 is 4.52 Å². The number of hydrogen-bond acceptors (Lipinski definition) is 3. The fraction of sp³-hybridized carbons (Fsp3) is 0.308. The van der Waals surface area contributed by atoms with Gasteiger partial charge in [-0.05, 0) is 31.5 Å². The van der Waals surface area contributed by atoms with E-state index in [0.717, 1.165) is 22.6 Å². The molecule has 0 amide bonds. The summed E-state index contributed by atoms with van der Waals surface area (Å²) in [5.74, 6) is 0.849. The molecule has 1 N–H and O–H groups in total. The molecule has 0 aliphatic rings. The molecule has 18 heavy (non-hydrogen) atoms. The van der Waals surface area contributed by atoms with E-state index in [1.54, 1.807) is 6.07 Å². The molecule has 2 aromatic rings. The molecule has 0 bridgehead atoms. The van der Waals surface area contributed by atoms with Crippen LogP contribution in [0, 0.1) is 13.8 Å². The highest BCUT2D eigenvalue weighted by atomic mass is 35.5. The second-order valence-electron chi connectivity index (χ2n) is 4.14. The van der Waals surface area contributed by atoms with E-state index in [1.807, 2.05) is 26.0 Å². The van der Waals surface area contributed by atoms with E-state index in [-0.39, 0.29) is 0 Å². The maximum atomic E-state index is 6.10. The topological polar surface area (TPSA) is 38.1 Å². The summed E-state index contributed by atoms with van der Waals surface area (Å²) >= 11 is 11.9. The van der Waals surface area contributed by atoms with Gasteiger partial charge in [-0.15, -0.1) is 0 Å². The fourth-order valence-corrected chi connectivity index (χ4v) is 2.22. The van der Waals surface area contributed by atoms with Crippen LogP contribution in [0.15, 0.2) is 22.7 Å². The molecule has 1 heterocycles. The van der Waals surface area contributed by atoms with E-state index in [4.69, 9.17) is 27.7 Å². The lowest BCUT2D eigenvalue weighted by Gasteiger charge is -2.06. The Bertz CT molecular complexity index is 532. The summed E-state index contributed by atoms with van der Waals surface area (Å²) < 4.78 is 5.10. The fourth-order valence-electron chi connectivity index (χ4n) is 1.74. The molecule has 5 heteroatoms. The van der Waals surface area contributed by atoms with Crippen LogP contribution in [0.4, 0.5) is 0 Å². The van der Waals surface area contributed by atoms with Gasteiger partial charge in [-0.1, -0.05) is 34.4 Å². The zero-order chi connectivity index (χ0) is 13.1. The molecule has 2 rings (SSSR count). The summed E-state index contributed by atoms with van der Waals surface area (Å²) in [5, 5.41) is 8.55. The van der Waals surface area contributed by atoms with Crippen LogP contribution in [0.3, 0.4) is 0 Å². The predicted octanol–water partition coefficient (Wildman–Crippen LogP) is 3.89. The summed E-state index contributed by atoms with van der Waals surface area (Å²) in [5.41, 5.74) is 3.04. The molecule has 0 fully saturated rings. The third-order valence-electron chi connectivity index (χ3n) is 2.81. The Kier molecular flexibility index (Phi) is 4.27. The highest BCUT2D eigenvalue weighted by molar-refractivity contribution is 6.35. The number of rotatable bonds is 4. The molecule has 0 saturated heterocycles. The molecular formula is C13H14Cl2N2O. The average molecular weight is 285 g/mol. The van der Waals surface area contributed by atoms with Crippen molar-refractivity contribution in [2.45, 2.75) is 26.9 Å². The van der Waals surface area contributed by atoms with E-state index < -0.39 is 0 Å². The van der Waals surface area contributed by atoms with Crippen LogP contribution < -0.4 is 5.32 Å². The molecule has 1 aromatic heterocycles. The van der Waals surface area contributed by atoms with Gasteiger partial charge in [-0.25, -0.2) is 0 Å². The summed E-state index contributed by atoms with van der Waals surface area (Å²) in [6.07, 6.45) is 0. The van der Waals surface area contributed by atoms with Crippen LogP contribution in [0.25, 0.3) is 0 Å². The van der Waals surface area contributed by atoms with Gasteiger partial charge < -0.3 is 9.84 Å². The molecule has 96 valence electrons. The Morgan fingerprint density at radius 2 is 2.00 bits per heavy atom. The summed E-state index contributed by atoms with van der Waals surface area (Å²) in [6, 6.07) is 5.50. The first-order valence-electron chi connectivity index (χ1n) is 5.64. The third-order valence-corrected chi connectivity index (χ3v) is 3.40. The summed E-state index contributed by atoms with van der Waals surface area (Å²) in [4.78, 5) is 0. The lowest BCUT2D eigenvalue weighted by molar-refractivity contribution is 0.392. The molecule has 0 atom stereocenters. The van der Waals surface area contributed by atoms with Crippen LogP contribution in [-0.2, 0) is 13.1 Å². The van der Waals surface area contributed by atoms with Gasteiger partial charge in [-0.3, -0.25) is 0 Å². The first kappa shape index (κ1) is 13.4. The van der Waals surface area contributed by atoms with E-state index >= 15 is 0 Å². The van der Waals surface area contributed by atoms with Crippen LogP contribution in [0.1, 0.15) is 22.6 Å². The molecule has 0 aliphatic carbocycles. The van der Waals surface area contributed by atoms with Gasteiger partial charge in [0.2, 0.25) is 0 Å². The minimum Gasteiger partial charge on any atom is -0.361 e. The summed E-state index contributed by atoms with van der Waals surface area (Å²) in [7, 11) is 0. The van der Waals surface area contributed by atoms with Gasteiger partial charge >= 0.3 is 0 Å². The monoisotopic (exact) mass is 284 g/mol. The van der Waals surface area contributed by atoms with Crippen molar-refractivity contribution in [3.05, 3.63) is 50.8 Å². The van der Waals surface area contributed by atoms with Gasteiger partial charge in [0.1, 0.15) is 5.76 Å². The number of nitrogens with zero attached hydrogens (tertiary/aromatic N) is 1. The van der Waals surface area contributed by atoms with Crippen LogP contribution in [0.5, 0.6) is 0 Å². The maximum Gasteiger partial charge on any atom is 0.138 e. The number of nitrogens with one attached hydrogen (secondary N) is 1. The highest BCUT2D eigenvalue weighted by Crippen LogP contribution is 2.21. The van der Waals surface area contributed by atoms with Gasteiger partial charge in [-0.2, -0.15) is 0 Å².